The minimum atomic E-state index is -4.54. The lowest BCUT2D eigenvalue weighted by Gasteiger charge is -2.34. The first-order valence-electron chi connectivity index (χ1n) is 10.1. The van der Waals surface area contributed by atoms with Crippen molar-refractivity contribution in [3.05, 3.63) is 77.0 Å². The van der Waals surface area contributed by atoms with E-state index in [1.54, 1.807) is 12.1 Å². The number of hydrogen-bond donors (Lipinski definition) is 2. The van der Waals surface area contributed by atoms with Crippen LogP contribution < -0.4 is 10.6 Å². The van der Waals surface area contributed by atoms with Crippen LogP contribution in [0.3, 0.4) is 0 Å². The number of amides is 1. The van der Waals surface area contributed by atoms with E-state index < -0.39 is 30.0 Å². The predicted molar refractivity (Wildman–Crippen MR) is 109 cm³/mol. The van der Waals surface area contributed by atoms with Crippen LogP contribution in [0.2, 0.25) is 0 Å². The van der Waals surface area contributed by atoms with Crippen molar-refractivity contribution < 1.29 is 22.4 Å². The molecule has 0 aliphatic carbocycles. The van der Waals surface area contributed by atoms with Gasteiger partial charge in [0.05, 0.1) is 18.4 Å². The largest absolute Gasteiger partial charge is 0.410 e. The highest BCUT2D eigenvalue weighted by molar-refractivity contribution is 5.98. The van der Waals surface area contributed by atoms with E-state index in [-0.39, 0.29) is 29.9 Å². The van der Waals surface area contributed by atoms with Gasteiger partial charge in [0, 0.05) is 24.7 Å². The van der Waals surface area contributed by atoms with Crippen molar-refractivity contribution >= 4 is 11.7 Å². The van der Waals surface area contributed by atoms with Crippen LogP contribution in [0, 0.1) is 5.82 Å². The van der Waals surface area contributed by atoms with Crippen molar-refractivity contribution in [2.24, 2.45) is 0 Å². The number of nitrogens with one attached hydrogen (secondary N) is 2. The second-order valence-electron chi connectivity index (χ2n) is 7.59. The molecule has 1 aliphatic rings. The fraction of sp³-hybridized carbons (Fsp3) is 0.318. The van der Waals surface area contributed by atoms with Crippen molar-refractivity contribution in [1.82, 2.24) is 20.1 Å². The highest BCUT2D eigenvalue weighted by Gasteiger charge is 2.47. The molecule has 6 nitrogen and oxygen atoms in total. The number of alkyl halides is 3. The lowest BCUT2D eigenvalue weighted by molar-refractivity contribution is -0.173. The lowest BCUT2D eigenvalue weighted by atomic mass is 9.95. The molecule has 0 saturated carbocycles. The Kier molecular flexibility index (Phi) is 5.86. The van der Waals surface area contributed by atoms with Crippen LogP contribution in [0.1, 0.15) is 52.5 Å². The number of nitrogens with zero attached hydrogens (tertiary/aromatic N) is 3. The van der Waals surface area contributed by atoms with Gasteiger partial charge in [0.1, 0.15) is 17.2 Å². The van der Waals surface area contributed by atoms with E-state index >= 15 is 0 Å². The summed E-state index contributed by atoms with van der Waals surface area (Å²) in [5.41, 5.74) is 1.94. The van der Waals surface area contributed by atoms with Crippen LogP contribution >= 0.6 is 0 Å². The Morgan fingerprint density at radius 2 is 1.97 bits per heavy atom. The molecular weight excluding hydrogens is 426 g/mol. The summed E-state index contributed by atoms with van der Waals surface area (Å²) in [6.07, 6.45) is -0.477. The van der Waals surface area contributed by atoms with Crippen molar-refractivity contribution in [1.29, 1.82) is 0 Å². The van der Waals surface area contributed by atoms with Crippen molar-refractivity contribution in [3.8, 4) is 0 Å². The van der Waals surface area contributed by atoms with Gasteiger partial charge < -0.3 is 10.6 Å². The standard InChI is InChI=1S/C22H21F4N5O/c1-2-13-3-5-14(6-4-13)18-9-19(22(24,25)26)31-20(30-18)16(11-29-31)21(32)28-10-15-7-8-27-12-17(15)23/h3-8,11-12,18-19,30H,2,9-10H2,1H3,(H,28,32)/t18-,19+/m1/s1. The van der Waals surface area contributed by atoms with Crippen molar-refractivity contribution in [2.45, 2.75) is 44.6 Å². The maximum Gasteiger partial charge on any atom is 0.410 e. The van der Waals surface area contributed by atoms with E-state index in [0.29, 0.717) is 5.56 Å². The Morgan fingerprint density at radius 1 is 1.22 bits per heavy atom. The van der Waals surface area contributed by atoms with Gasteiger partial charge in [-0.25, -0.2) is 9.07 Å². The van der Waals surface area contributed by atoms with Crippen LogP contribution in [0.5, 0.6) is 0 Å². The first kappa shape index (κ1) is 21.8. The monoisotopic (exact) mass is 447 g/mol. The summed E-state index contributed by atoms with van der Waals surface area (Å²) < 4.78 is 56.0. The summed E-state index contributed by atoms with van der Waals surface area (Å²) in [7, 11) is 0. The Hall–Kier alpha value is -3.43. The zero-order valence-electron chi connectivity index (χ0n) is 17.2. The molecule has 1 amide bonds. The number of aromatic nitrogens is 3. The summed E-state index contributed by atoms with van der Waals surface area (Å²) in [6, 6.07) is 6.22. The third-order valence-corrected chi connectivity index (χ3v) is 5.57. The average molecular weight is 447 g/mol. The topological polar surface area (TPSA) is 71.8 Å². The number of carbonyl (C=O) groups excluding carboxylic acids is 1. The molecule has 3 aromatic rings. The molecule has 0 bridgehead atoms. The maximum atomic E-state index is 13.8. The van der Waals surface area contributed by atoms with Gasteiger partial charge in [-0.3, -0.25) is 9.78 Å². The molecule has 32 heavy (non-hydrogen) atoms. The third kappa shape index (κ3) is 4.30. The van der Waals surface area contributed by atoms with Crippen LogP contribution in [0.25, 0.3) is 0 Å². The molecule has 3 heterocycles. The number of halogens is 4. The highest BCUT2D eigenvalue weighted by atomic mass is 19.4. The fourth-order valence-corrected chi connectivity index (χ4v) is 3.75. The maximum absolute atomic E-state index is 13.8. The van der Waals surface area contributed by atoms with E-state index in [1.807, 2.05) is 19.1 Å². The van der Waals surface area contributed by atoms with Crippen LogP contribution in [0.15, 0.2) is 48.9 Å². The number of benzene rings is 1. The number of aryl methyl sites for hydroxylation is 1. The van der Waals surface area contributed by atoms with Gasteiger partial charge in [-0.15, -0.1) is 0 Å². The van der Waals surface area contributed by atoms with E-state index in [2.05, 4.69) is 20.7 Å². The molecule has 1 aromatic carbocycles. The number of carbonyl (C=O) groups is 1. The first-order valence-corrected chi connectivity index (χ1v) is 10.1. The Balaban J connectivity index is 1.61. The number of rotatable bonds is 5. The first-order chi connectivity index (χ1) is 15.3. The highest BCUT2D eigenvalue weighted by Crippen LogP contribution is 2.44. The Labute approximate surface area is 181 Å². The zero-order valence-corrected chi connectivity index (χ0v) is 17.2. The molecule has 2 atom stereocenters. The van der Waals surface area contributed by atoms with Crippen molar-refractivity contribution in [2.75, 3.05) is 5.32 Å². The van der Waals surface area contributed by atoms with E-state index in [1.165, 1.54) is 12.3 Å². The molecule has 1 aliphatic heterocycles. The lowest BCUT2D eigenvalue weighted by Crippen LogP contribution is -2.36. The molecule has 10 heteroatoms. The van der Waals surface area contributed by atoms with Crippen LogP contribution in [0.4, 0.5) is 23.4 Å². The van der Waals surface area contributed by atoms with Crippen LogP contribution in [-0.2, 0) is 13.0 Å². The Morgan fingerprint density at radius 3 is 2.62 bits per heavy atom. The van der Waals surface area contributed by atoms with E-state index in [0.717, 1.165) is 29.1 Å². The smallest absolute Gasteiger partial charge is 0.363 e. The molecule has 0 radical (unpaired) electrons. The van der Waals surface area contributed by atoms with Gasteiger partial charge in [0.15, 0.2) is 6.04 Å². The van der Waals surface area contributed by atoms with Gasteiger partial charge in [-0.05, 0) is 23.6 Å². The normalized spacial score (nSPS) is 18.0. The quantitative estimate of drug-likeness (QED) is 0.562. The second-order valence-corrected chi connectivity index (χ2v) is 7.59. The predicted octanol–water partition coefficient (Wildman–Crippen LogP) is 4.57. The number of hydrogen-bond acceptors (Lipinski definition) is 4. The molecule has 0 unspecified atom stereocenters. The summed E-state index contributed by atoms with van der Waals surface area (Å²) in [4.78, 5) is 16.4. The second kappa shape index (κ2) is 8.60. The molecule has 168 valence electrons. The zero-order chi connectivity index (χ0) is 22.9. The minimum Gasteiger partial charge on any atom is -0.363 e. The average Bonchev–Trinajstić information content (AvgIpc) is 3.21. The minimum absolute atomic E-state index is 0.0177. The molecule has 0 saturated heterocycles. The fourth-order valence-electron chi connectivity index (χ4n) is 3.75. The van der Waals surface area contributed by atoms with Crippen LogP contribution in [-0.4, -0.2) is 26.8 Å². The summed E-state index contributed by atoms with van der Waals surface area (Å²) in [6.45, 7) is 1.86. The SMILES string of the molecule is CCc1ccc([C@H]2C[C@@H](C(F)(F)F)n3ncc(C(=O)NCc4ccncc4F)c3N2)cc1. The summed E-state index contributed by atoms with van der Waals surface area (Å²) >= 11 is 0. The van der Waals surface area contributed by atoms with Gasteiger partial charge in [0.25, 0.3) is 5.91 Å². The molecule has 0 fully saturated rings. The number of fused-ring (bicyclic) bond motifs is 1. The van der Waals surface area contributed by atoms with E-state index in [9.17, 15) is 22.4 Å². The molecular formula is C22H21F4N5O. The third-order valence-electron chi connectivity index (χ3n) is 5.57. The van der Waals surface area contributed by atoms with Gasteiger partial charge in [-0.2, -0.15) is 18.3 Å². The molecule has 2 N–H and O–H groups in total. The molecule has 4 rings (SSSR count). The molecule has 0 spiro atoms. The van der Waals surface area contributed by atoms with Gasteiger partial charge >= 0.3 is 6.18 Å². The van der Waals surface area contributed by atoms with Gasteiger partial charge in [-0.1, -0.05) is 31.2 Å². The summed E-state index contributed by atoms with van der Waals surface area (Å²) in [5, 5.41) is 9.42. The Bertz CT molecular complexity index is 1110. The van der Waals surface area contributed by atoms with E-state index in [4.69, 9.17) is 0 Å². The summed E-state index contributed by atoms with van der Waals surface area (Å²) in [5.74, 6) is -1.26. The molecule has 2 aromatic heterocycles. The van der Waals surface area contributed by atoms with Crippen molar-refractivity contribution in [3.63, 3.8) is 0 Å². The number of anilines is 1. The van der Waals surface area contributed by atoms with Gasteiger partial charge in [0.2, 0.25) is 0 Å². The number of pyridine rings is 1.